The van der Waals surface area contributed by atoms with Crippen LogP contribution in [0.5, 0.6) is 0 Å². The first-order valence-electron chi connectivity index (χ1n) is 10.6. The first-order chi connectivity index (χ1) is 15.4. The number of rotatable bonds is 0. The monoisotopic (exact) mass is 396 g/mol. The van der Waals surface area contributed by atoms with E-state index in [9.17, 15) is 0 Å². The fourth-order valence-electron chi connectivity index (χ4n) is 5.68. The summed E-state index contributed by atoms with van der Waals surface area (Å²) in [6.45, 7) is 0. The molecule has 4 nitrogen and oxygen atoms in total. The molecule has 0 N–H and O–H groups in total. The van der Waals surface area contributed by atoms with Crippen LogP contribution in [0.3, 0.4) is 0 Å². The molecule has 0 fully saturated rings. The zero-order chi connectivity index (χ0) is 20.1. The van der Waals surface area contributed by atoms with E-state index in [0.717, 1.165) is 46.1 Å². The van der Waals surface area contributed by atoms with E-state index in [1.54, 1.807) is 0 Å². The maximum absolute atomic E-state index is 5.18. The minimum Gasteiger partial charge on any atom is -0.279 e. The van der Waals surface area contributed by atoms with Crippen molar-refractivity contribution in [2.24, 2.45) is 0 Å². The number of imidazole rings is 1. The fourth-order valence-corrected chi connectivity index (χ4v) is 5.68. The lowest BCUT2D eigenvalue weighted by atomic mass is 9.96. The van der Waals surface area contributed by atoms with E-state index < -0.39 is 0 Å². The summed E-state index contributed by atoms with van der Waals surface area (Å²) < 4.78 is 2.27. The molecule has 0 bridgehead atoms. The largest absolute Gasteiger partial charge is 0.279 e. The van der Waals surface area contributed by atoms with Gasteiger partial charge in [-0.2, -0.15) is 0 Å². The summed E-state index contributed by atoms with van der Waals surface area (Å²) >= 11 is 0. The molecule has 0 spiro atoms. The van der Waals surface area contributed by atoms with Crippen molar-refractivity contribution in [3.8, 4) is 22.4 Å². The summed E-state index contributed by atoms with van der Waals surface area (Å²) in [4.78, 5) is 14.6. The number of fused-ring (bicyclic) bond motifs is 14. The third-order valence-corrected chi connectivity index (χ3v) is 6.94. The van der Waals surface area contributed by atoms with Gasteiger partial charge < -0.3 is 0 Å². The van der Waals surface area contributed by atoms with Crippen LogP contribution in [-0.2, 0) is 12.8 Å². The average molecular weight is 396 g/mol. The quantitative estimate of drug-likeness (QED) is 0.315. The highest BCUT2D eigenvalue weighted by atomic mass is 15.1. The van der Waals surface area contributed by atoms with Crippen molar-refractivity contribution < 1.29 is 0 Å². The predicted octanol–water partition coefficient (Wildman–Crippen LogP) is 5.57. The summed E-state index contributed by atoms with van der Waals surface area (Å²) in [6.07, 6.45) is 5.60. The zero-order valence-corrected chi connectivity index (χ0v) is 16.6. The number of nitrogens with zero attached hydrogens (tertiary/aromatic N) is 4. The standard InChI is InChI=1S/C27H16N4/c1-2-6-17-15(5-1)13-16-9-10-18-21(23(16)17)14-22-25(18)30-27-20-8-3-11-28-24(20)19-7-4-12-29-26(19)31(22)27/h1-12H,13-14H2. The van der Waals surface area contributed by atoms with E-state index >= 15 is 0 Å². The van der Waals surface area contributed by atoms with Crippen molar-refractivity contribution in [2.45, 2.75) is 12.8 Å². The number of hydrogen-bond donors (Lipinski definition) is 0. The van der Waals surface area contributed by atoms with Crippen LogP contribution < -0.4 is 0 Å². The van der Waals surface area contributed by atoms with E-state index in [-0.39, 0.29) is 0 Å². The summed E-state index contributed by atoms with van der Waals surface area (Å²) in [5.74, 6) is 0. The molecule has 0 radical (unpaired) electrons. The van der Waals surface area contributed by atoms with Crippen molar-refractivity contribution in [3.05, 3.63) is 95.4 Å². The van der Waals surface area contributed by atoms with Crippen LogP contribution in [-0.4, -0.2) is 19.4 Å². The molecule has 0 amide bonds. The Balaban J connectivity index is 1.50. The number of hydrogen-bond acceptors (Lipinski definition) is 3. The molecule has 2 aliphatic carbocycles. The third kappa shape index (κ3) is 1.84. The van der Waals surface area contributed by atoms with E-state index in [2.05, 4.69) is 57.9 Å². The molecule has 0 atom stereocenters. The fraction of sp³-hybridized carbons (Fsp3) is 0.0741. The van der Waals surface area contributed by atoms with Gasteiger partial charge in [-0.05, 0) is 58.5 Å². The van der Waals surface area contributed by atoms with Crippen LogP contribution in [0, 0.1) is 0 Å². The van der Waals surface area contributed by atoms with Crippen LogP contribution in [0.15, 0.2) is 73.1 Å². The van der Waals surface area contributed by atoms with Gasteiger partial charge in [-0.25, -0.2) is 9.97 Å². The molecule has 0 unspecified atom stereocenters. The van der Waals surface area contributed by atoms with Crippen LogP contribution in [0.25, 0.3) is 50.0 Å². The Labute approximate surface area is 177 Å². The van der Waals surface area contributed by atoms with Crippen molar-refractivity contribution in [2.75, 3.05) is 0 Å². The molecular formula is C27H16N4. The Kier molecular flexibility index (Phi) is 2.72. The van der Waals surface area contributed by atoms with Gasteiger partial charge >= 0.3 is 0 Å². The van der Waals surface area contributed by atoms with Crippen LogP contribution in [0.2, 0.25) is 0 Å². The Morgan fingerprint density at radius 1 is 0.677 bits per heavy atom. The zero-order valence-electron chi connectivity index (χ0n) is 16.6. The van der Waals surface area contributed by atoms with Gasteiger partial charge in [-0.15, -0.1) is 0 Å². The molecule has 144 valence electrons. The van der Waals surface area contributed by atoms with Gasteiger partial charge in [0, 0.05) is 35.2 Å². The van der Waals surface area contributed by atoms with Gasteiger partial charge in [0.05, 0.1) is 16.9 Å². The van der Waals surface area contributed by atoms with Gasteiger partial charge in [-0.3, -0.25) is 9.38 Å². The Morgan fingerprint density at radius 2 is 1.52 bits per heavy atom. The molecule has 6 aromatic rings. The topological polar surface area (TPSA) is 43.1 Å². The Hall–Kier alpha value is -4.05. The van der Waals surface area contributed by atoms with E-state index in [1.807, 2.05) is 24.5 Å². The molecular weight excluding hydrogens is 380 g/mol. The second-order valence-corrected chi connectivity index (χ2v) is 8.48. The van der Waals surface area contributed by atoms with Gasteiger partial charge in [0.25, 0.3) is 0 Å². The normalized spacial score (nSPS) is 13.5. The number of aromatic nitrogens is 4. The molecule has 2 aliphatic rings. The minimum atomic E-state index is 0.876. The molecule has 4 heteroatoms. The Bertz CT molecular complexity index is 1740. The lowest BCUT2D eigenvalue weighted by Crippen LogP contribution is -1.99. The van der Waals surface area contributed by atoms with E-state index in [0.29, 0.717) is 0 Å². The second kappa shape index (κ2) is 5.35. The molecule has 4 heterocycles. The van der Waals surface area contributed by atoms with Crippen LogP contribution in [0.4, 0.5) is 0 Å². The minimum absolute atomic E-state index is 0.876. The van der Waals surface area contributed by atoms with E-state index in [1.165, 1.54) is 39.1 Å². The number of benzene rings is 2. The Morgan fingerprint density at radius 3 is 2.45 bits per heavy atom. The lowest BCUT2D eigenvalue weighted by Gasteiger charge is -2.10. The highest BCUT2D eigenvalue weighted by molar-refractivity contribution is 6.09. The maximum Gasteiger partial charge on any atom is 0.148 e. The molecule has 2 aromatic carbocycles. The molecule has 0 saturated carbocycles. The lowest BCUT2D eigenvalue weighted by molar-refractivity contribution is 1.07. The molecule has 0 aliphatic heterocycles. The van der Waals surface area contributed by atoms with Crippen molar-refractivity contribution in [1.82, 2.24) is 19.4 Å². The summed E-state index contributed by atoms with van der Waals surface area (Å²) in [7, 11) is 0. The van der Waals surface area contributed by atoms with Gasteiger partial charge in [0.2, 0.25) is 0 Å². The van der Waals surface area contributed by atoms with Crippen LogP contribution in [0.1, 0.15) is 22.4 Å². The maximum atomic E-state index is 5.18. The average Bonchev–Trinajstić information content (AvgIpc) is 3.48. The van der Waals surface area contributed by atoms with Crippen molar-refractivity contribution >= 4 is 27.6 Å². The first kappa shape index (κ1) is 15.7. The molecule has 0 saturated heterocycles. The molecule has 31 heavy (non-hydrogen) atoms. The van der Waals surface area contributed by atoms with E-state index in [4.69, 9.17) is 9.97 Å². The highest BCUT2D eigenvalue weighted by Crippen LogP contribution is 2.48. The van der Waals surface area contributed by atoms with Gasteiger partial charge in [-0.1, -0.05) is 36.4 Å². The predicted molar refractivity (Wildman–Crippen MR) is 122 cm³/mol. The van der Waals surface area contributed by atoms with Gasteiger partial charge in [0.1, 0.15) is 11.3 Å². The number of pyridine rings is 3. The van der Waals surface area contributed by atoms with Crippen LogP contribution >= 0.6 is 0 Å². The molecule has 8 rings (SSSR count). The summed E-state index contributed by atoms with van der Waals surface area (Å²) in [6, 6.07) is 21.6. The summed E-state index contributed by atoms with van der Waals surface area (Å²) in [5.41, 5.74) is 13.5. The van der Waals surface area contributed by atoms with Crippen molar-refractivity contribution in [3.63, 3.8) is 0 Å². The smallest absolute Gasteiger partial charge is 0.148 e. The third-order valence-electron chi connectivity index (χ3n) is 6.94. The van der Waals surface area contributed by atoms with Gasteiger partial charge in [0.15, 0.2) is 0 Å². The van der Waals surface area contributed by atoms with Crippen molar-refractivity contribution in [1.29, 1.82) is 0 Å². The first-order valence-corrected chi connectivity index (χ1v) is 10.6. The summed E-state index contributed by atoms with van der Waals surface area (Å²) in [5, 5.41) is 2.14. The second-order valence-electron chi connectivity index (χ2n) is 8.48. The SMILES string of the molecule is c1ccc2c(c1)Cc1ccc3c(c1-2)Cc1c-3nc2c3cccnc3c3cccnc3n12. The molecule has 4 aromatic heterocycles. The highest BCUT2D eigenvalue weighted by Gasteiger charge is 2.32.